The van der Waals surface area contributed by atoms with E-state index in [4.69, 9.17) is 0 Å². The van der Waals surface area contributed by atoms with Crippen LogP contribution >= 0.6 is 0 Å². The normalized spacial score (nSPS) is 21.0. The zero-order valence-electron chi connectivity index (χ0n) is 17.5. The first kappa shape index (κ1) is 22.9. The molecule has 2 aliphatic heterocycles. The summed E-state index contributed by atoms with van der Waals surface area (Å²) in [5.74, 6) is -0.164. The summed E-state index contributed by atoms with van der Waals surface area (Å²) in [7, 11) is 0. The van der Waals surface area contributed by atoms with Crippen LogP contribution in [0.25, 0.3) is 0 Å². The van der Waals surface area contributed by atoms with Crippen molar-refractivity contribution in [2.45, 2.75) is 44.8 Å². The number of halogens is 3. The third-order valence-electron chi connectivity index (χ3n) is 5.67. The van der Waals surface area contributed by atoms with Crippen molar-refractivity contribution >= 4 is 17.6 Å². The summed E-state index contributed by atoms with van der Waals surface area (Å²) in [5, 5.41) is 6.17. The summed E-state index contributed by atoms with van der Waals surface area (Å²) < 4.78 is 40.6. The third-order valence-corrected chi connectivity index (χ3v) is 5.67. The van der Waals surface area contributed by atoms with Gasteiger partial charge < -0.3 is 19.9 Å². The number of rotatable bonds is 5. The summed E-state index contributed by atoms with van der Waals surface area (Å²) in [6.07, 6.45) is -1.92. The average molecular weight is 440 g/mol. The number of amides is 3. The van der Waals surface area contributed by atoms with Gasteiger partial charge in [-0.15, -0.1) is 19.8 Å². The Morgan fingerprint density at radius 1 is 1.32 bits per heavy atom. The molecule has 0 bridgehead atoms. The van der Waals surface area contributed by atoms with Crippen LogP contribution in [0.3, 0.4) is 0 Å². The minimum atomic E-state index is -4.77. The van der Waals surface area contributed by atoms with Crippen molar-refractivity contribution in [1.82, 2.24) is 15.1 Å². The SMILES string of the molecule is C=CCN1C(=O)C(C(C)C)NC12CCN(C(=O)Nc1ccc(OC(F)(F)F)cc1)CC2. The van der Waals surface area contributed by atoms with E-state index in [9.17, 15) is 22.8 Å². The second-order valence-corrected chi connectivity index (χ2v) is 8.12. The number of urea groups is 1. The molecule has 10 heteroatoms. The van der Waals surface area contributed by atoms with Gasteiger partial charge in [-0.1, -0.05) is 19.9 Å². The molecule has 3 rings (SSSR count). The summed E-state index contributed by atoms with van der Waals surface area (Å²) in [5.41, 5.74) is -0.143. The number of hydrogen-bond acceptors (Lipinski definition) is 4. The lowest BCUT2D eigenvalue weighted by Gasteiger charge is -2.44. The van der Waals surface area contributed by atoms with Crippen LogP contribution in [0, 0.1) is 5.92 Å². The number of piperidine rings is 1. The number of nitrogens with zero attached hydrogens (tertiary/aromatic N) is 2. The largest absolute Gasteiger partial charge is 0.573 e. The zero-order valence-corrected chi connectivity index (χ0v) is 17.5. The van der Waals surface area contributed by atoms with Crippen molar-refractivity contribution in [3.8, 4) is 5.75 Å². The lowest BCUT2D eigenvalue weighted by molar-refractivity contribution is -0.274. The van der Waals surface area contributed by atoms with E-state index in [1.54, 1.807) is 11.0 Å². The second-order valence-electron chi connectivity index (χ2n) is 8.12. The molecule has 1 aromatic rings. The number of hydrogen-bond donors (Lipinski definition) is 2. The van der Waals surface area contributed by atoms with Crippen LogP contribution in [0.15, 0.2) is 36.9 Å². The molecule has 2 saturated heterocycles. The molecule has 170 valence electrons. The average Bonchev–Trinajstić information content (AvgIpc) is 2.95. The van der Waals surface area contributed by atoms with Gasteiger partial charge >= 0.3 is 12.4 Å². The van der Waals surface area contributed by atoms with E-state index in [-0.39, 0.29) is 29.6 Å². The Kier molecular flexibility index (Phi) is 6.49. The van der Waals surface area contributed by atoms with Gasteiger partial charge in [-0.2, -0.15) is 0 Å². The van der Waals surface area contributed by atoms with Crippen LogP contribution in [-0.4, -0.2) is 59.4 Å². The molecule has 2 fully saturated rings. The molecule has 1 atom stereocenters. The van der Waals surface area contributed by atoms with Crippen LogP contribution in [0.4, 0.5) is 23.7 Å². The fourth-order valence-electron chi connectivity index (χ4n) is 4.09. The summed E-state index contributed by atoms with van der Waals surface area (Å²) in [4.78, 5) is 28.9. The topological polar surface area (TPSA) is 73.9 Å². The minimum absolute atomic E-state index is 0.0500. The molecule has 1 unspecified atom stereocenters. The van der Waals surface area contributed by atoms with E-state index in [2.05, 4.69) is 21.9 Å². The summed E-state index contributed by atoms with van der Waals surface area (Å²) in [6.45, 7) is 9.04. The number of carbonyl (C=O) groups excluding carboxylic acids is 2. The van der Waals surface area contributed by atoms with E-state index in [1.165, 1.54) is 12.1 Å². The fraction of sp³-hybridized carbons (Fsp3) is 0.524. The Labute approximate surface area is 179 Å². The number of anilines is 1. The smallest absolute Gasteiger partial charge is 0.406 e. The maximum absolute atomic E-state index is 12.8. The molecular formula is C21H27F3N4O3. The molecule has 3 amide bonds. The molecule has 1 spiro atoms. The molecule has 2 N–H and O–H groups in total. The minimum Gasteiger partial charge on any atom is -0.406 e. The Hall–Kier alpha value is -2.75. The third kappa shape index (κ3) is 5.12. The van der Waals surface area contributed by atoms with Gasteiger partial charge in [0.1, 0.15) is 5.75 Å². The van der Waals surface area contributed by atoms with Crippen LogP contribution in [0.5, 0.6) is 5.75 Å². The maximum atomic E-state index is 12.8. The van der Waals surface area contributed by atoms with Gasteiger partial charge in [0.2, 0.25) is 5.91 Å². The highest BCUT2D eigenvalue weighted by Crippen LogP contribution is 2.34. The van der Waals surface area contributed by atoms with E-state index in [0.717, 1.165) is 12.1 Å². The Bertz CT molecular complexity index is 818. The molecule has 1 aromatic carbocycles. The van der Waals surface area contributed by atoms with Gasteiger partial charge in [0, 0.05) is 38.2 Å². The van der Waals surface area contributed by atoms with E-state index >= 15 is 0 Å². The number of likely N-dealkylation sites (tertiary alicyclic amines) is 1. The van der Waals surface area contributed by atoms with Gasteiger partial charge in [-0.05, 0) is 30.2 Å². The Morgan fingerprint density at radius 2 is 1.94 bits per heavy atom. The maximum Gasteiger partial charge on any atom is 0.573 e. The standard InChI is InChI=1S/C21H27F3N4O3/c1-4-11-28-18(29)17(14(2)3)26-20(28)9-12-27(13-10-20)19(30)25-15-5-7-16(8-6-15)31-21(22,23)24/h4-8,14,17,26H,1,9-13H2,2-3H3,(H,25,30). The van der Waals surface area contributed by atoms with Crippen LogP contribution in [0.1, 0.15) is 26.7 Å². The van der Waals surface area contributed by atoms with Crippen molar-refractivity contribution < 1.29 is 27.5 Å². The molecule has 0 saturated carbocycles. The fourth-order valence-corrected chi connectivity index (χ4v) is 4.09. The van der Waals surface area contributed by atoms with Gasteiger partial charge in [0.15, 0.2) is 0 Å². The van der Waals surface area contributed by atoms with Gasteiger partial charge in [-0.25, -0.2) is 4.79 Å². The first-order valence-corrected chi connectivity index (χ1v) is 10.2. The Morgan fingerprint density at radius 3 is 2.45 bits per heavy atom. The number of alkyl halides is 3. The van der Waals surface area contributed by atoms with Crippen LogP contribution in [-0.2, 0) is 4.79 Å². The number of nitrogens with one attached hydrogen (secondary N) is 2. The van der Waals surface area contributed by atoms with Gasteiger partial charge in [-0.3, -0.25) is 10.1 Å². The molecule has 0 aliphatic carbocycles. The lowest BCUT2D eigenvalue weighted by atomic mass is 9.95. The van der Waals surface area contributed by atoms with Gasteiger partial charge in [0.05, 0.1) is 11.7 Å². The first-order valence-electron chi connectivity index (χ1n) is 10.2. The number of benzene rings is 1. The molecule has 2 aliphatic rings. The molecule has 7 nitrogen and oxygen atoms in total. The number of ether oxygens (including phenoxy) is 1. The van der Waals surface area contributed by atoms with Crippen molar-refractivity contribution in [2.24, 2.45) is 5.92 Å². The molecule has 0 aromatic heterocycles. The number of carbonyl (C=O) groups is 2. The molecular weight excluding hydrogens is 413 g/mol. The van der Waals surface area contributed by atoms with Crippen molar-refractivity contribution in [3.05, 3.63) is 36.9 Å². The lowest BCUT2D eigenvalue weighted by Crippen LogP contribution is -2.60. The van der Waals surface area contributed by atoms with E-state index in [0.29, 0.717) is 38.2 Å². The monoisotopic (exact) mass is 440 g/mol. The van der Waals surface area contributed by atoms with Crippen LogP contribution in [0.2, 0.25) is 0 Å². The molecule has 31 heavy (non-hydrogen) atoms. The molecule has 2 heterocycles. The van der Waals surface area contributed by atoms with Crippen molar-refractivity contribution in [3.63, 3.8) is 0 Å². The highest BCUT2D eigenvalue weighted by Gasteiger charge is 2.52. The first-order chi connectivity index (χ1) is 14.5. The highest BCUT2D eigenvalue weighted by molar-refractivity contribution is 5.89. The van der Waals surface area contributed by atoms with E-state index in [1.807, 2.05) is 18.7 Å². The quantitative estimate of drug-likeness (QED) is 0.687. The van der Waals surface area contributed by atoms with Crippen molar-refractivity contribution in [2.75, 3.05) is 25.0 Å². The van der Waals surface area contributed by atoms with Crippen molar-refractivity contribution in [1.29, 1.82) is 0 Å². The van der Waals surface area contributed by atoms with Gasteiger partial charge in [0.25, 0.3) is 0 Å². The predicted molar refractivity (Wildman–Crippen MR) is 109 cm³/mol. The van der Waals surface area contributed by atoms with E-state index < -0.39 is 12.0 Å². The zero-order chi connectivity index (χ0) is 22.8. The summed E-state index contributed by atoms with van der Waals surface area (Å²) in [6, 6.07) is 4.36. The molecule has 0 radical (unpaired) electrons. The Balaban J connectivity index is 1.60. The van der Waals surface area contributed by atoms with Crippen LogP contribution < -0.4 is 15.4 Å². The summed E-state index contributed by atoms with van der Waals surface area (Å²) >= 11 is 0. The highest BCUT2D eigenvalue weighted by atomic mass is 19.4. The predicted octanol–water partition coefficient (Wildman–Crippen LogP) is 3.55. The second kappa shape index (κ2) is 8.78.